The molecular weight excluding hydrogens is 150 g/mol. The van der Waals surface area contributed by atoms with E-state index in [2.05, 4.69) is 5.32 Å². The van der Waals surface area contributed by atoms with Crippen LogP contribution in [0.3, 0.4) is 0 Å². The zero-order valence-electron chi connectivity index (χ0n) is 5.20. The fraction of sp³-hybridized carbons (Fsp3) is 0.333. The van der Waals surface area contributed by atoms with Crippen LogP contribution in [-0.4, -0.2) is 16.1 Å². The Morgan fingerprint density at radius 1 is 1.90 bits per heavy atom. The Bertz CT molecular complexity index is 200. The van der Waals surface area contributed by atoms with Gasteiger partial charge in [-0.25, -0.2) is 0 Å². The molecule has 1 rings (SSSR count). The van der Waals surface area contributed by atoms with Gasteiger partial charge in [-0.05, 0) is 6.20 Å². The van der Waals surface area contributed by atoms with Crippen molar-refractivity contribution >= 4 is 23.2 Å². The lowest BCUT2D eigenvalue weighted by Gasteiger charge is -2.02. The molecule has 0 amide bonds. The minimum atomic E-state index is -0.819. The molecule has 0 aromatic rings. The summed E-state index contributed by atoms with van der Waals surface area (Å²) in [6.45, 7) is 0. The molecule has 0 spiro atoms. The fourth-order valence-electron chi connectivity index (χ4n) is 0.790. The van der Waals surface area contributed by atoms with Crippen molar-refractivity contribution < 1.29 is 9.90 Å². The van der Waals surface area contributed by atoms with Crippen LogP contribution >= 0.6 is 12.2 Å². The summed E-state index contributed by atoms with van der Waals surface area (Å²) in [5, 5.41) is 11.1. The largest absolute Gasteiger partial charge is 0.481 e. The number of hydrogen-bond acceptors (Lipinski definition) is 2. The van der Waals surface area contributed by atoms with Gasteiger partial charge in [0.15, 0.2) is 0 Å². The van der Waals surface area contributed by atoms with E-state index in [4.69, 9.17) is 17.3 Å². The van der Waals surface area contributed by atoms with Gasteiger partial charge >= 0.3 is 5.97 Å². The average Bonchev–Trinajstić information content (AvgIpc) is 2.15. The van der Waals surface area contributed by atoms with E-state index in [0.29, 0.717) is 4.99 Å². The molecule has 0 saturated heterocycles. The van der Waals surface area contributed by atoms with Crippen LogP contribution < -0.4 is 5.32 Å². The van der Waals surface area contributed by atoms with E-state index >= 15 is 0 Å². The lowest BCUT2D eigenvalue weighted by atomic mass is 10.1. The van der Waals surface area contributed by atoms with Crippen LogP contribution in [0.4, 0.5) is 0 Å². The fourth-order valence-corrected chi connectivity index (χ4v) is 1.02. The van der Waals surface area contributed by atoms with Gasteiger partial charge in [-0.2, -0.15) is 0 Å². The van der Waals surface area contributed by atoms with E-state index in [-0.39, 0.29) is 12.3 Å². The first-order chi connectivity index (χ1) is 4.70. The standard InChI is InChI=1S/C6H7NO2S/c8-5(9)3-4-1-2-7-6(4)10/h1-2,4H,3H2,(H,7,10)(H,8,9). The van der Waals surface area contributed by atoms with Crippen LogP contribution in [-0.2, 0) is 4.79 Å². The van der Waals surface area contributed by atoms with Crippen LogP contribution in [0.5, 0.6) is 0 Å². The summed E-state index contributed by atoms with van der Waals surface area (Å²) in [4.78, 5) is 10.8. The highest BCUT2D eigenvalue weighted by molar-refractivity contribution is 7.80. The van der Waals surface area contributed by atoms with Crippen molar-refractivity contribution in [3.63, 3.8) is 0 Å². The topological polar surface area (TPSA) is 49.3 Å². The second-order valence-electron chi connectivity index (χ2n) is 2.07. The van der Waals surface area contributed by atoms with Gasteiger partial charge in [-0.1, -0.05) is 18.3 Å². The second-order valence-corrected chi connectivity index (χ2v) is 2.51. The highest BCUT2D eigenvalue weighted by atomic mass is 32.1. The first-order valence-electron chi connectivity index (χ1n) is 2.89. The molecule has 0 fully saturated rings. The molecule has 1 unspecified atom stereocenters. The summed E-state index contributed by atoms with van der Waals surface area (Å²) < 4.78 is 0. The molecule has 54 valence electrons. The van der Waals surface area contributed by atoms with Crippen LogP contribution in [0.2, 0.25) is 0 Å². The number of carboxylic acids is 1. The normalized spacial score (nSPS) is 22.8. The number of aliphatic carboxylic acids is 1. The molecule has 4 heteroatoms. The predicted octanol–water partition coefficient (Wildman–Crippen LogP) is 0.522. The van der Waals surface area contributed by atoms with Gasteiger partial charge in [-0.3, -0.25) is 4.79 Å². The molecule has 1 aliphatic rings. The summed E-state index contributed by atoms with van der Waals surface area (Å²) in [6.07, 6.45) is 3.52. The van der Waals surface area contributed by atoms with Gasteiger partial charge in [0.2, 0.25) is 0 Å². The van der Waals surface area contributed by atoms with Gasteiger partial charge < -0.3 is 10.4 Å². The van der Waals surface area contributed by atoms with Gasteiger partial charge in [0.25, 0.3) is 0 Å². The Labute approximate surface area is 63.7 Å². The highest BCUT2D eigenvalue weighted by Crippen LogP contribution is 2.10. The molecule has 0 saturated carbocycles. The Hall–Kier alpha value is -0.900. The lowest BCUT2D eigenvalue weighted by molar-refractivity contribution is -0.137. The van der Waals surface area contributed by atoms with Crippen molar-refractivity contribution in [3.05, 3.63) is 12.3 Å². The monoisotopic (exact) mass is 157 g/mol. The molecule has 1 atom stereocenters. The van der Waals surface area contributed by atoms with Crippen LogP contribution in [0, 0.1) is 5.92 Å². The van der Waals surface area contributed by atoms with E-state index in [1.807, 2.05) is 0 Å². The van der Waals surface area contributed by atoms with Crippen molar-refractivity contribution in [2.75, 3.05) is 0 Å². The zero-order chi connectivity index (χ0) is 7.56. The summed E-state index contributed by atoms with van der Waals surface area (Å²) in [5.41, 5.74) is 0. The van der Waals surface area contributed by atoms with E-state index in [9.17, 15) is 4.79 Å². The highest BCUT2D eigenvalue weighted by Gasteiger charge is 2.17. The SMILES string of the molecule is O=C(O)CC1C=CNC1=S. The van der Waals surface area contributed by atoms with Crippen molar-refractivity contribution in [2.24, 2.45) is 5.92 Å². The van der Waals surface area contributed by atoms with Crippen molar-refractivity contribution in [1.82, 2.24) is 5.32 Å². The van der Waals surface area contributed by atoms with Crippen LogP contribution in [0.25, 0.3) is 0 Å². The number of carbonyl (C=O) groups is 1. The number of hydrogen-bond donors (Lipinski definition) is 2. The van der Waals surface area contributed by atoms with Gasteiger partial charge in [0.05, 0.1) is 11.4 Å². The third kappa shape index (κ3) is 1.54. The minimum Gasteiger partial charge on any atom is -0.481 e. The van der Waals surface area contributed by atoms with E-state index in [1.165, 1.54) is 0 Å². The Morgan fingerprint density at radius 2 is 2.60 bits per heavy atom. The number of carboxylic acid groups (broad SMARTS) is 1. The summed E-state index contributed by atoms with van der Waals surface area (Å²) in [5.74, 6) is -0.923. The van der Waals surface area contributed by atoms with E-state index in [0.717, 1.165) is 0 Å². The number of rotatable bonds is 2. The number of thiocarbonyl (C=S) groups is 1. The van der Waals surface area contributed by atoms with Crippen molar-refractivity contribution in [1.29, 1.82) is 0 Å². The molecule has 2 N–H and O–H groups in total. The summed E-state index contributed by atoms with van der Waals surface area (Å²) in [7, 11) is 0. The smallest absolute Gasteiger partial charge is 0.304 e. The third-order valence-electron chi connectivity index (χ3n) is 1.29. The number of nitrogens with one attached hydrogen (secondary N) is 1. The molecule has 0 aliphatic carbocycles. The summed E-state index contributed by atoms with van der Waals surface area (Å²) in [6, 6.07) is 0. The minimum absolute atomic E-state index is 0.0856. The van der Waals surface area contributed by atoms with E-state index in [1.54, 1.807) is 12.3 Å². The molecule has 0 aromatic heterocycles. The van der Waals surface area contributed by atoms with Crippen molar-refractivity contribution in [3.8, 4) is 0 Å². The molecule has 10 heavy (non-hydrogen) atoms. The van der Waals surface area contributed by atoms with E-state index < -0.39 is 5.97 Å². The molecule has 0 radical (unpaired) electrons. The second kappa shape index (κ2) is 2.79. The van der Waals surface area contributed by atoms with Crippen molar-refractivity contribution in [2.45, 2.75) is 6.42 Å². The first-order valence-corrected chi connectivity index (χ1v) is 3.30. The molecule has 3 nitrogen and oxygen atoms in total. The predicted molar refractivity (Wildman–Crippen MR) is 40.6 cm³/mol. The van der Waals surface area contributed by atoms with Gasteiger partial charge in [0.1, 0.15) is 0 Å². The summed E-state index contributed by atoms with van der Waals surface area (Å²) >= 11 is 4.82. The molecule has 1 aliphatic heterocycles. The Morgan fingerprint density at radius 3 is 3.00 bits per heavy atom. The van der Waals surface area contributed by atoms with Crippen LogP contribution in [0.1, 0.15) is 6.42 Å². The maximum Gasteiger partial charge on any atom is 0.304 e. The van der Waals surface area contributed by atoms with Crippen LogP contribution in [0.15, 0.2) is 12.3 Å². The molecule has 0 bridgehead atoms. The third-order valence-corrected chi connectivity index (χ3v) is 1.71. The average molecular weight is 157 g/mol. The van der Waals surface area contributed by atoms with Gasteiger partial charge in [0, 0.05) is 5.92 Å². The molecule has 0 aromatic carbocycles. The molecule has 1 heterocycles. The lowest BCUT2D eigenvalue weighted by Crippen LogP contribution is -2.18. The quantitative estimate of drug-likeness (QED) is 0.574. The Balaban J connectivity index is 2.48. The zero-order valence-corrected chi connectivity index (χ0v) is 6.02. The first kappa shape index (κ1) is 7.21. The Kier molecular flexibility index (Phi) is 2.01. The molecular formula is C6H7NO2S. The maximum absolute atomic E-state index is 10.2. The maximum atomic E-state index is 10.2. The van der Waals surface area contributed by atoms with Gasteiger partial charge in [-0.15, -0.1) is 0 Å².